The predicted octanol–water partition coefficient (Wildman–Crippen LogP) is 5.19. The van der Waals surface area contributed by atoms with Crippen LogP contribution in [-0.4, -0.2) is 64.0 Å². The topological polar surface area (TPSA) is 161 Å². The zero-order valence-electron chi connectivity index (χ0n) is 20.3. The molecule has 0 aromatic heterocycles. The fraction of sp³-hybridized carbons (Fsp3) is 0.250. The minimum Gasteiger partial charge on any atom is -0.292 e. The number of halogens is 6. The first-order chi connectivity index (χ1) is 19.5. The number of nitro benzene ring substituents is 2. The van der Waals surface area contributed by atoms with Gasteiger partial charge in [-0.05, 0) is 24.3 Å². The Balaban J connectivity index is 1.57. The van der Waals surface area contributed by atoms with Crippen molar-refractivity contribution in [2.24, 2.45) is 11.8 Å². The number of hydrazine groups is 1. The Hall–Kier alpha value is -3.00. The number of ketones is 1. The molecule has 2 aromatic carbocycles. The molecule has 12 nitrogen and oxygen atoms in total. The number of nitrogens with zero attached hydrogens (tertiary/aromatic N) is 4. The van der Waals surface area contributed by atoms with E-state index in [1.807, 2.05) is 0 Å². The average molecular weight is 697 g/mol. The third-order valence-electron chi connectivity index (χ3n) is 7.38. The normalized spacial score (nSPS) is 27.3. The number of carbonyl (C=O) groups is 4. The molecular formula is C24H12Cl6N4O8. The van der Waals surface area contributed by atoms with Crippen LogP contribution < -0.4 is 0 Å². The minimum atomic E-state index is -2.24. The lowest BCUT2D eigenvalue weighted by Crippen LogP contribution is -2.56. The lowest BCUT2D eigenvalue weighted by atomic mass is 9.84. The van der Waals surface area contributed by atoms with Gasteiger partial charge in [-0.15, -0.1) is 23.2 Å². The second kappa shape index (κ2) is 10.0. The summed E-state index contributed by atoms with van der Waals surface area (Å²) in [7, 11) is 0. The number of hydrogen-bond donors (Lipinski definition) is 0. The van der Waals surface area contributed by atoms with Gasteiger partial charge in [-0.3, -0.25) is 39.4 Å². The summed E-state index contributed by atoms with van der Waals surface area (Å²) >= 11 is 39.1. The van der Waals surface area contributed by atoms with E-state index < -0.39 is 65.8 Å². The molecule has 218 valence electrons. The van der Waals surface area contributed by atoms with Crippen LogP contribution in [0, 0.1) is 32.1 Å². The third-order valence-corrected chi connectivity index (χ3v) is 11.6. The van der Waals surface area contributed by atoms with Crippen LogP contribution in [0.5, 0.6) is 0 Å². The van der Waals surface area contributed by atoms with Crippen molar-refractivity contribution in [3.63, 3.8) is 0 Å². The second-order valence-electron chi connectivity index (χ2n) is 9.46. The lowest BCUT2D eigenvalue weighted by Gasteiger charge is -2.36. The largest absolute Gasteiger partial charge is 0.292 e. The van der Waals surface area contributed by atoms with Crippen LogP contribution in [0.25, 0.3) is 0 Å². The second-order valence-corrected chi connectivity index (χ2v) is 12.7. The predicted molar refractivity (Wildman–Crippen MR) is 151 cm³/mol. The first-order valence-corrected chi connectivity index (χ1v) is 13.8. The van der Waals surface area contributed by atoms with E-state index in [4.69, 9.17) is 69.6 Å². The third kappa shape index (κ3) is 3.89. The van der Waals surface area contributed by atoms with Crippen molar-refractivity contribution in [2.75, 3.05) is 6.54 Å². The summed E-state index contributed by atoms with van der Waals surface area (Å²) in [6, 6.07) is 8.48. The maximum absolute atomic E-state index is 13.9. The highest BCUT2D eigenvalue weighted by atomic mass is 35.5. The number of benzene rings is 2. The quantitative estimate of drug-likeness (QED) is 0.126. The number of nitro groups is 2. The Morgan fingerprint density at radius 1 is 0.762 bits per heavy atom. The van der Waals surface area contributed by atoms with E-state index in [2.05, 4.69) is 0 Å². The molecule has 0 unspecified atom stereocenters. The lowest BCUT2D eigenvalue weighted by molar-refractivity contribution is -0.385. The first-order valence-electron chi connectivity index (χ1n) is 11.5. The highest BCUT2D eigenvalue weighted by Crippen LogP contribution is 2.77. The van der Waals surface area contributed by atoms with Crippen LogP contribution in [0.3, 0.4) is 0 Å². The van der Waals surface area contributed by atoms with E-state index in [1.165, 1.54) is 0 Å². The molecule has 1 saturated heterocycles. The number of carbonyl (C=O) groups excluding carboxylic acids is 4. The maximum Gasteiger partial charge on any atom is 0.273 e. The molecule has 2 aliphatic carbocycles. The number of amides is 3. The Morgan fingerprint density at radius 3 is 1.52 bits per heavy atom. The van der Waals surface area contributed by atoms with Crippen LogP contribution in [0.15, 0.2) is 58.6 Å². The van der Waals surface area contributed by atoms with Gasteiger partial charge in [0.25, 0.3) is 29.1 Å². The van der Waals surface area contributed by atoms with E-state index in [9.17, 15) is 39.4 Å². The van der Waals surface area contributed by atoms with Gasteiger partial charge in [0.05, 0.1) is 31.7 Å². The van der Waals surface area contributed by atoms with Crippen LogP contribution in [0.2, 0.25) is 0 Å². The fourth-order valence-corrected chi connectivity index (χ4v) is 8.25. The molecule has 3 aliphatic rings. The molecule has 42 heavy (non-hydrogen) atoms. The molecular weight excluding hydrogens is 685 g/mol. The number of allylic oxidation sites excluding steroid dienone is 2. The summed E-state index contributed by atoms with van der Waals surface area (Å²) in [5.74, 6) is -7.40. The van der Waals surface area contributed by atoms with Crippen LogP contribution in [-0.2, 0) is 9.59 Å². The van der Waals surface area contributed by atoms with Crippen molar-refractivity contribution >= 4 is 104 Å². The summed E-state index contributed by atoms with van der Waals surface area (Å²) in [5.41, 5.74) is -1.01. The monoisotopic (exact) mass is 694 g/mol. The van der Waals surface area contributed by atoms with Gasteiger partial charge in [0.2, 0.25) is 0 Å². The zero-order valence-corrected chi connectivity index (χ0v) is 24.8. The van der Waals surface area contributed by atoms with E-state index in [-0.39, 0.29) is 32.6 Å². The standard InChI is InChI=1S/C24H12Cl6N4O8/c25-17-18(26)23(28)16-15(22(17,27)24(23,29)30)20(37)32(21(16)38)31(19(36)11-3-7-13(8-4-11)34(41)42)9-14(35)10-1-5-12(6-2-10)33(39)40/h1-8,15-16H,9H2/t15-,16-,22+,23+/m0/s1. The molecule has 1 heterocycles. The Bertz CT molecular complexity index is 1600. The number of imide groups is 1. The highest BCUT2D eigenvalue weighted by molar-refractivity contribution is 6.66. The van der Waals surface area contributed by atoms with Gasteiger partial charge in [0.15, 0.2) is 10.1 Å². The molecule has 18 heteroatoms. The van der Waals surface area contributed by atoms with Crippen LogP contribution in [0.4, 0.5) is 11.4 Å². The molecule has 2 aromatic rings. The fourth-order valence-electron chi connectivity index (χ4n) is 5.32. The summed E-state index contributed by atoms with van der Waals surface area (Å²) in [4.78, 5) is 71.0. The molecule has 1 aliphatic heterocycles. The van der Waals surface area contributed by atoms with Crippen LogP contribution >= 0.6 is 69.6 Å². The number of fused-ring (bicyclic) bond motifs is 5. The smallest absolute Gasteiger partial charge is 0.273 e. The first kappa shape index (κ1) is 30.5. The van der Waals surface area contributed by atoms with Crippen LogP contribution in [0.1, 0.15) is 20.7 Å². The van der Waals surface area contributed by atoms with Crippen molar-refractivity contribution in [1.29, 1.82) is 0 Å². The molecule has 0 N–H and O–H groups in total. The number of hydrogen-bond acceptors (Lipinski definition) is 8. The minimum absolute atomic E-state index is 0.0997. The SMILES string of the molecule is O=C(CN(C(=O)c1ccc([N+](=O)[O-])cc1)N1C(=O)[C@@H]2[C@@H](C1=O)[C@@]1(Cl)C(Cl)=C(Cl)[C@@]2(Cl)C1(Cl)Cl)c1ccc([N+](=O)[O-])cc1. The molecule has 2 bridgehead atoms. The Kier molecular flexibility index (Phi) is 7.28. The Morgan fingerprint density at radius 2 is 1.14 bits per heavy atom. The van der Waals surface area contributed by atoms with Gasteiger partial charge in [-0.25, -0.2) is 5.01 Å². The number of non-ortho nitro benzene ring substituents is 2. The summed E-state index contributed by atoms with van der Waals surface area (Å²) < 4.78 is -2.24. The number of alkyl halides is 4. The van der Waals surface area contributed by atoms with Gasteiger partial charge in [0.1, 0.15) is 16.3 Å². The Labute approximate surface area is 264 Å². The summed E-state index contributed by atoms with van der Waals surface area (Å²) in [6.07, 6.45) is 0. The van der Waals surface area contributed by atoms with Crippen molar-refractivity contribution < 1.29 is 29.0 Å². The van der Waals surface area contributed by atoms with Gasteiger partial charge in [0, 0.05) is 35.4 Å². The van der Waals surface area contributed by atoms with E-state index in [1.54, 1.807) is 0 Å². The average Bonchev–Trinajstić information content (AvgIpc) is 3.34. The van der Waals surface area contributed by atoms with E-state index in [0.29, 0.717) is 10.0 Å². The number of Topliss-reactive ketones (excluding diaryl/α,β-unsaturated/α-hetero) is 1. The molecule has 0 radical (unpaired) electrons. The summed E-state index contributed by atoms with van der Waals surface area (Å²) in [5, 5.41) is 22.2. The number of rotatable bonds is 7. The van der Waals surface area contributed by atoms with Gasteiger partial charge < -0.3 is 0 Å². The molecule has 5 rings (SSSR count). The molecule has 4 atom stereocenters. The highest BCUT2D eigenvalue weighted by Gasteiger charge is 2.88. The van der Waals surface area contributed by atoms with Gasteiger partial charge in [-0.1, -0.05) is 46.4 Å². The molecule has 3 amide bonds. The molecule has 2 fully saturated rings. The van der Waals surface area contributed by atoms with Gasteiger partial charge >= 0.3 is 0 Å². The van der Waals surface area contributed by atoms with Crippen molar-refractivity contribution in [1.82, 2.24) is 10.0 Å². The van der Waals surface area contributed by atoms with Gasteiger partial charge in [-0.2, -0.15) is 5.01 Å². The summed E-state index contributed by atoms with van der Waals surface area (Å²) in [6.45, 7) is -0.934. The maximum atomic E-state index is 13.9. The van der Waals surface area contributed by atoms with Crippen molar-refractivity contribution in [3.05, 3.63) is 90.0 Å². The van der Waals surface area contributed by atoms with Crippen molar-refractivity contribution in [3.8, 4) is 0 Å². The molecule has 0 spiro atoms. The van der Waals surface area contributed by atoms with Crippen molar-refractivity contribution in [2.45, 2.75) is 14.1 Å². The zero-order chi connectivity index (χ0) is 31.1. The molecule has 1 saturated carbocycles. The van der Waals surface area contributed by atoms with E-state index in [0.717, 1.165) is 48.5 Å². The van der Waals surface area contributed by atoms with E-state index >= 15 is 0 Å².